The maximum atomic E-state index is 5.54. The second kappa shape index (κ2) is 4.97. The van der Waals surface area contributed by atoms with Crippen LogP contribution >= 0.6 is 0 Å². The highest BCUT2D eigenvalue weighted by Gasteiger charge is 2.39. The minimum absolute atomic E-state index is 0.535. The first kappa shape index (κ1) is 11.0. The van der Waals surface area contributed by atoms with Gasteiger partial charge in [0.15, 0.2) is 0 Å². The molecular weight excluding hydrogens is 162 g/mol. The standard InChI is InChI=1S/C11H23NO/c1-4-6-13-7-5-11(10(2)3)8-12-9-11/h10,12H,4-9H2,1-3H3. The van der Waals surface area contributed by atoms with Crippen LogP contribution in [0, 0.1) is 11.3 Å². The number of hydrogen-bond donors (Lipinski definition) is 1. The maximum Gasteiger partial charge on any atom is 0.0472 e. The zero-order valence-electron chi connectivity index (χ0n) is 9.23. The minimum atomic E-state index is 0.535. The van der Waals surface area contributed by atoms with Gasteiger partial charge in [0.05, 0.1) is 0 Å². The van der Waals surface area contributed by atoms with Crippen molar-refractivity contribution in [3.63, 3.8) is 0 Å². The fourth-order valence-electron chi connectivity index (χ4n) is 1.84. The van der Waals surface area contributed by atoms with Crippen molar-refractivity contribution in [2.75, 3.05) is 26.3 Å². The van der Waals surface area contributed by atoms with Gasteiger partial charge in [-0.15, -0.1) is 0 Å². The molecule has 0 aromatic heterocycles. The van der Waals surface area contributed by atoms with Gasteiger partial charge in [-0.2, -0.15) is 0 Å². The molecule has 0 saturated carbocycles. The van der Waals surface area contributed by atoms with Crippen LogP contribution < -0.4 is 5.32 Å². The van der Waals surface area contributed by atoms with E-state index in [1.165, 1.54) is 19.5 Å². The molecule has 0 radical (unpaired) electrons. The first-order chi connectivity index (χ1) is 6.21. The van der Waals surface area contributed by atoms with Crippen LogP contribution in [0.1, 0.15) is 33.6 Å². The Balaban J connectivity index is 2.17. The van der Waals surface area contributed by atoms with Gasteiger partial charge in [0.1, 0.15) is 0 Å². The summed E-state index contributed by atoms with van der Waals surface area (Å²) in [4.78, 5) is 0. The van der Waals surface area contributed by atoms with E-state index in [0.717, 1.165) is 25.6 Å². The molecule has 0 spiro atoms. The Morgan fingerprint density at radius 1 is 1.31 bits per heavy atom. The number of rotatable bonds is 6. The molecule has 1 N–H and O–H groups in total. The molecule has 1 rings (SSSR count). The van der Waals surface area contributed by atoms with E-state index in [-0.39, 0.29) is 0 Å². The van der Waals surface area contributed by atoms with E-state index in [1.54, 1.807) is 0 Å². The fraction of sp³-hybridized carbons (Fsp3) is 1.00. The summed E-state index contributed by atoms with van der Waals surface area (Å²) in [6.45, 7) is 11.0. The molecule has 1 saturated heterocycles. The molecule has 0 aromatic carbocycles. The third-order valence-electron chi connectivity index (χ3n) is 3.27. The summed E-state index contributed by atoms with van der Waals surface area (Å²) in [5, 5.41) is 3.37. The van der Waals surface area contributed by atoms with Gasteiger partial charge in [-0.05, 0) is 24.2 Å². The SMILES string of the molecule is CCCOCCC1(C(C)C)CNC1. The first-order valence-electron chi connectivity index (χ1n) is 5.50. The highest BCUT2D eigenvalue weighted by atomic mass is 16.5. The van der Waals surface area contributed by atoms with Gasteiger partial charge in [0.2, 0.25) is 0 Å². The molecule has 1 fully saturated rings. The van der Waals surface area contributed by atoms with Crippen molar-refractivity contribution in [1.82, 2.24) is 5.32 Å². The highest BCUT2D eigenvalue weighted by Crippen LogP contribution is 2.35. The lowest BCUT2D eigenvalue weighted by Crippen LogP contribution is -2.56. The molecule has 13 heavy (non-hydrogen) atoms. The molecule has 0 atom stereocenters. The van der Waals surface area contributed by atoms with Gasteiger partial charge in [-0.1, -0.05) is 20.8 Å². The molecule has 2 heteroatoms. The van der Waals surface area contributed by atoms with Crippen molar-refractivity contribution in [3.05, 3.63) is 0 Å². The van der Waals surface area contributed by atoms with E-state index >= 15 is 0 Å². The summed E-state index contributed by atoms with van der Waals surface area (Å²) in [6.07, 6.45) is 2.35. The van der Waals surface area contributed by atoms with Crippen molar-refractivity contribution >= 4 is 0 Å². The molecule has 0 amide bonds. The number of ether oxygens (including phenoxy) is 1. The van der Waals surface area contributed by atoms with Crippen LogP contribution in [-0.4, -0.2) is 26.3 Å². The zero-order chi connectivity index (χ0) is 9.73. The summed E-state index contributed by atoms with van der Waals surface area (Å²) in [5.41, 5.74) is 0.535. The molecule has 0 aliphatic carbocycles. The van der Waals surface area contributed by atoms with E-state index in [9.17, 15) is 0 Å². The molecule has 0 unspecified atom stereocenters. The summed E-state index contributed by atoms with van der Waals surface area (Å²) in [6, 6.07) is 0. The summed E-state index contributed by atoms with van der Waals surface area (Å²) < 4.78 is 5.54. The van der Waals surface area contributed by atoms with Gasteiger partial charge in [-0.25, -0.2) is 0 Å². The van der Waals surface area contributed by atoms with Crippen LogP contribution in [0.5, 0.6) is 0 Å². The normalized spacial score (nSPS) is 20.3. The lowest BCUT2D eigenvalue weighted by molar-refractivity contribution is 0.0339. The topological polar surface area (TPSA) is 21.3 Å². The van der Waals surface area contributed by atoms with Crippen LogP contribution in [-0.2, 0) is 4.74 Å². The van der Waals surface area contributed by atoms with E-state index in [1.807, 2.05) is 0 Å². The summed E-state index contributed by atoms with van der Waals surface area (Å²) in [5.74, 6) is 0.777. The summed E-state index contributed by atoms with van der Waals surface area (Å²) >= 11 is 0. The van der Waals surface area contributed by atoms with Crippen molar-refractivity contribution < 1.29 is 4.74 Å². The van der Waals surface area contributed by atoms with Gasteiger partial charge >= 0.3 is 0 Å². The predicted octanol–water partition coefficient (Wildman–Crippen LogP) is 2.05. The average molecular weight is 185 g/mol. The fourth-order valence-corrected chi connectivity index (χ4v) is 1.84. The molecule has 0 aromatic rings. The Kier molecular flexibility index (Phi) is 4.20. The van der Waals surface area contributed by atoms with Crippen molar-refractivity contribution in [2.45, 2.75) is 33.6 Å². The lowest BCUT2D eigenvalue weighted by atomic mass is 9.70. The molecule has 2 nitrogen and oxygen atoms in total. The van der Waals surface area contributed by atoms with E-state index in [2.05, 4.69) is 26.1 Å². The average Bonchev–Trinajstić information content (AvgIpc) is 2.01. The Morgan fingerprint density at radius 3 is 2.38 bits per heavy atom. The first-order valence-corrected chi connectivity index (χ1v) is 5.50. The van der Waals surface area contributed by atoms with Gasteiger partial charge in [0, 0.05) is 26.3 Å². The third kappa shape index (κ3) is 2.68. The van der Waals surface area contributed by atoms with Crippen molar-refractivity contribution in [1.29, 1.82) is 0 Å². The number of nitrogens with one attached hydrogen (secondary N) is 1. The maximum absolute atomic E-state index is 5.54. The van der Waals surface area contributed by atoms with Crippen LogP contribution in [0.2, 0.25) is 0 Å². The minimum Gasteiger partial charge on any atom is -0.381 e. The van der Waals surface area contributed by atoms with E-state index in [4.69, 9.17) is 4.74 Å². The van der Waals surface area contributed by atoms with Crippen LogP contribution in [0.3, 0.4) is 0 Å². The Morgan fingerprint density at radius 2 is 2.00 bits per heavy atom. The predicted molar refractivity (Wildman–Crippen MR) is 55.9 cm³/mol. The second-order valence-corrected chi connectivity index (χ2v) is 4.48. The molecule has 1 heterocycles. The van der Waals surface area contributed by atoms with Gasteiger partial charge < -0.3 is 10.1 Å². The zero-order valence-corrected chi connectivity index (χ0v) is 9.23. The highest BCUT2D eigenvalue weighted by molar-refractivity contribution is 4.94. The van der Waals surface area contributed by atoms with Crippen molar-refractivity contribution in [2.24, 2.45) is 11.3 Å². The van der Waals surface area contributed by atoms with Crippen molar-refractivity contribution in [3.8, 4) is 0 Å². The molecular formula is C11H23NO. The Labute approximate surface area is 82.0 Å². The Hall–Kier alpha value is -0.0800. The van der Waals surface area contributed by atoms with Crippen LogP contribution in [0.4, 0.5) is 0 Å². The molecule has 0 bridgehead atoms. The Bertz CT molecular complexity index is 141. The monoisotopic (exact) mass is 185 g/mol. The van der Waals surface area contributed by atoms with Gasteiger partial charge in [-0.3, -0.25) is 0 Å². The summed E-state index contributed by atoms with van der Waals surface area (Å²) in [7, 11) is 0. The molecule has 78 valence electrons. The lowest BCUT2D eigenvalue weighted by Gasteiger charge is -2.46. The largest absolute Gasteiger partial charge is 0.381 e. The molecule has 1 aliphatic heterocycles. The van der Waals surface area contributed by atoms with Crippen LogP contribution in [0.25, 0.3) is 0 Å². The van der Waals surface area contributed by atoms with E-state index < -0.39 is 0 Å². The van der Waals surface area contributed by atoms with Gasteiger partial charge in [0.25, 0.3) is 0 Å². The quantitative estimate of drug-likeness (QED) is 0.639. The molecule has 1 aliphatic rings. The second-order valence-electron chi connectivity index (χ2n) is 4.48. The number of hydrogen-bond acceptors (Lipinski definition) is 2. The van der Waals surface area contributed by atoms with Crippen LogP contribution in [0.15, 0.2) is 0 Å². The van der Waals surface area contributed by atoms with E-state index in [0.29, 0.717) is 5.41 Å². The smallest absolute Gasteiger partial charge is 0.0472 e. The third-order valence-corrected chi connectivity index (χ3v) is 3.27.